The zero-order valence-electron chi connectivity index (χ0n) is 34.6. The second-order valence-corrected chi connectivity index (χ2v) is 13.3. The maximum Gasteiger partial charge on any atom is 0.306 e. The van der Waals surface area contributed by atoms with Gasteiger partial charge in [0.15, 0.2) is 6.10 Å². The third-order valence-electron chi connectivity index (χ3n) is 8.12. The van der Waals surface area contributed by atoms with Crippen LogP contribution in [0.1, 0.15) is 149 Å². The first-order valence-electron chi connectivity index (χ1n) is 21.1. The van der Waals surface area contributed by atoms with Gasteiger partial charge in [-0.3, -0.25) is 14.4 Å². The maximum atomic E-state index is 12.6. The minimum Gasteiger partial charge on any atom is -0.462 e. The van der Waals surface area contributed by atoms with Gasteiger partial charge in [-0.05, 0) is 83.5 Å². The van der Waals surface area contributed by atoms with Crippen molar-refractivity contribution in [3.63, 3.8) is 0 Å². The Bertz CT molecular complexity index is 1240. The van der Waals surface area contributed by atoms with E-state index >= 15 is 0 Å². The van der Waals surface area contributed by atoms with Gasteiger partial charge in [0, 0.05) is 19.3 Å². The van der Waals surface area contributed by atoms with E-state index in [1.165, 1.54) is 12.8 Å². The fraction of sp³-hybridized carbons (Fsp3) is 0.531. The molecule has 0 aliphatic rings. The molecule has 0 spiro atoms. The van der Waals surface area contributed by atoms with Gasteiger partial charge in [0.05, 0.1) is 0 Å². The van der Waals surface area contributed by atoms with Gasteiger partial charge in [-0.1, -0.05) is 168 Å². The first-order valence-corrected chi connectivity index (χ1v) is 21.1. The summed E-state index contributed by atoms with van der Waals surface area (Å²) < 4.78 is 16.5. The molecule has 0 aromatic heterocycles. The summed E-state index contributed by atoms with van der Waals surface area (Å²) in [6.45, 7) is 6.17. The highest BCUT2D eigenvalue weighted by atomic mass is 16.6. The predicted molar refractivity (Wildman–Crippen MR) is 233 cm³/mol. The highest BCUT2D eigenvalue weighted by Crippen LogP contribution is 2.10. The number of unbranched alkanes of at least 4 members (excludes halogenated alkanes) is 10. The molecule has 0 bridgehead atoms. The van der Waals surface area contributed by atoms with E-state index in [0.29, 0.717) is 25.7 Å². The van der Waals surface area contributed by atoms with Gasteiger partial charge in [0.1, 0.15) is 13.2 Å². The molecule has 55 heavy (non-hydrogen) atoms. The molecule has 0 aromatic carbocycles. The van der Waals surface area contributed by atoms with E-state index in [1.807, 2.05) is 60.8 Å². The van der Waals surface area contributed by atoms with Crippen LogP contribution in [0.3, 0.4) is 0 Å². The molecule has 0 fully saturated rings. The number of hydrogen-bond acceptors (Lipinski definition) is 6. The quantitative estimate of drug-likeness (QED) is 0.0210. The lowest BCUT2D eigenvalue weighted by Gasteiger charge is -2.18. The lowest BCUT2D eigenvalue weighted by Crippen LogP contribution is -2.30. The second kappa shape index (κ2) is 42.6. The van der Waals surface area contributed by atoms with E-state index in [0.717, 1.165) is 83.5 Å². The lowest BCUT2D eigenvalue weighted by atomic mass is 10.1. The third kappa shape index (κ3) is 40.8. The Morgan fingerprint density at radius 2 is 0.800 bits per heavy atom. The standard InChI is InChI=1S/C49H74O6/c1-4-7-10-13-16-19-21-22-23-24-25-26-28-30-33-36-39-42-48(51)54-45-46(44-53-47(50)41-38-35-32-29-18-15-12-9-6-3)55-49(52)43-40-37-34-31-27-20-17-14-11-8-5-2/h7,9-10,12-14,16-29,46H,4-6,8,11,15,30-45H2,1-3H3/b10-7-,12-9-,16-13-,17-14-,21-19-,23-22-,25-24+,27-20-,28-26-,29-18-. The van der Waals surface area contributed by atoms with Crippen molar-refractivity contribution in [2.45, 2.75) is 155 Å². The molecule has 0 radical (unpaired) electrons. The van der Waals surface area contributed by atoms with Crippen LogP contribution in [0.15, 0.2) is 122 Å². The number of esters is 3. The van der Waals surface area contributed by atoms with Crippen LogP contribution in [0.4, 0.5) is 0 Å². The number of allylic oxidation sites excluding steroid dienone is 20. The van der Waals surface area contributed by atoms with E-state index in [2.05, 4.69) is 81.5 Å². The molecule has 0 rings (SSSR count). The highest BCUT2D eigenvalue weighted by molar-refractivity contribution is 5.71. The molecule has 306 valence electrons. The predicted octanol–water partition coefficient (Wildman–Crippen LogP) is 13.4. The van der Waals surface area contributed by atoms with Crippen molar-refractivity contribution in [3.8, 4) is 0 Å². The van der Waals surface area contributed by atoms with Crippen molar-refractivity contribution in [3.05, 3.63) is 122 Å². The average molecular weight is 759 g/mol. The summed E-state index contributed by atoms with van der Waals surface area (Å²) in [4.78, 5) is 37.6. The number of ether oxygens (including phenoxy) is 3. The molecule has 6 heteroatoms. The number of carbonyl (C=O) groups excluding carboxylic acids is 3. The van der Waals surface area contributed by atoms with E-state index in [1.54, 1.807) is 0 Å². The van der Waals surface area contributed by atoms with E-state index in [9.17, 15) is 14.4 Å². The minimum absolute atomic E-state index is 0.125. The van der Waals surface area contributed by atoms with Crippen LogP contribution in [0.25, 0.3) is 0 Å². The van der Waals surface area contributed by atoms with E-state index in [-0.39, 0.29) is 37.5 Å². The summed E-state index contributed by atoms with van der Waals surface area (Å²) in [7, 11) is 0. The largest absolute Gasteiger partial charge is 0.462 e. The summed E-state index contributed by atoms with van der Waals surface area (Å²) >= 11 is 0. The van der Waals surface area contributed by atoms with Gasteiger partial charge in [-0.15, -0.1) is 0 Å². The fourth-order valence-corrected chi connectivity index (χ4v) is 4.95. The molecule has 0 aromatic rings. The number of carbonyl (C=O) groups is 3. The van der Waals surface area contributed by atoms with Crippen LogP contribution in [0.2, 0.25) is 0 Å². The first kappa shape index (κ1) is 50.8. The smallest absolute Gasteiger partial charge is 0.306 e. The monoisotopic (exact) mass is 759 g/mol. The van der Waals surface area contributed by atoms with Gasteiger partial charge in [0.25, 0.3) is 0 Å². The van der Waals surface area contributed by atoms with Gasteiger partial charge < -0.3 is 14.2 Å². The molecule has 6 nitrogen and oxygen atoms in total. The Hall–Kier alpha value is -4.19. The zero-order chi connectivity index (χ0) is 40.1. The topological polar surface area (TPSA) is 78.9 Å². The van der Waals surface area contributed by atoms with Gasteiger partial charge in [-0.2, -0.15) is 0 Å². The molecule has 0 aliphatic heterocycles. The van der Waals surface area contributed by atoms with Crippen LogP contribution < -0.4 is 0 Å². The van der Waals surface area contributed by atoms with Crippen molar-refractivity contribution in [2.75, 3.05) is 13.2 Å². The van der Waals surface area contributed by atoms with Crippen LogP contribution in [0, 0.1) is 0 Å². The minimum atomic E-state index is -0.823. The van der Waals surface area contributed by atoms with Gasteiger partial charge in [0.2, 0.25) is 0 Å². The van der Waals surface area contributed by atoms with Crippen LogP contribution in [0.5, 0.6) is 0 Å². The van der Waals surface area contributed by atoms with Gasteiger partial charge >= 0.3 is 17.9 Å². The van der Waals surface area contributed by atoms with Crippen LogP contribution in [-0.4, -0.2) is 37.2 Å². The number of hydrogen-bond donors (Lipinski definition) is 0. The Balaban J connectivity index is 4.56. The highest BCUT2D eigenvalue weighted by Gasteiger charge is 2.19. The van der Waals surface area contributed by atoms with Crippen molar-refractivity contribution < 1.29 is 28.6 Å². The summed E-state index contributed by atoms with van der Waals surface area (Å²) in [5.41, 5.74) is 0. The Morgan fingerprint density at radius 1 is 0.400 bits per heavy atom. The fourth-order valence-electron chi connectivity index (χ4n) is 4.95. The van der Waals surface area contributed by atoms with Crippen molar-refractivity contribution in [1.29, 1.82) is 0 Å². The molecule has 1 atom stereocenters. The Kier molecular flexibility index (Phi) is 39.3. The van der Waals surface area contributed by atoms with Gasteiger partial charge in [-0.25, -0.2) is 0 Å². The van der Waals surface area contributed by atoms with Crippen LogP contribution >= 0.6 is 0 Å². The maximum absolute atomic E-state index is 12.6. The average Bonchev–Trinajstić information content (AvgIpc) is 3.18. The molecule has 0 amide bonds. The molecule has 0 aliphatic carbocycles. The zero-order valence-corrected chi connectivity index (χ0v) is 34.6. The van der Waals surface area contributed by atoms with Crippen molar-refractivity contribution in [2.24, 2.45) is 0 Å². The molecule has 0 N–H and O–H groups in total. The normalized spacial score (nSPS) is 13.3. The second-order valence-electron chi connectivity index (χ2n) is 13.3. The molecular weight excluding hydrogens is 685 g/mol. The first-order chi connectivity index (χ1) is 27.0. The Labute approximate surface area is 335 Å². The van der Waals surface area contributed by atoms with Crippen molar-refractivity contribution >= 4 is 17.9 Å². The molecular formula is C49H74O6. The molecule has 0 saturated heterocycles. The van der Waals surface area contributed by atoms with E-state index < -0.39 is 6.10 Å². The Morgan fingerprint density at radius 3 is 1.33 bits per heavy atom. The van der Waals surface area contributed by atoms with E-state index in [4.69, 9.17) is 14.2 Å². The lowest BCUT2D eigenvalue weighted by molar-refractivity contribution is -0.167. The summed E-state index contributed by atoms with van der Waals surface area (Å²) in [6.07, 6.45) is 57.6. The summed E-state index contributed by atoms with van der Waals surface area (Å²) in [5, 5.41) is 0. The number of rotatable bonds is 35. The summed E-state index contributed by atoms with van der Waals surface area (Å²) in [6, 6.07) is 0. The summed E-state index contributed by atoms with van der Waals surface area (Å²) in [5.74, 6) is -1.05. The van der Waals surface area contributed by atoms with Crippen molar-refractivity contribution in [1.82, 2.24) is 0 Å². The SMILES string of the molecule is CC\C=C/C=C\C=C/C=C\C=C\C=C/CCCCCC(=O)OCC(COC(=O)CCCC/C=C\C/C=C\CC)OC(=O)CCCCC/C=C\C=C/CCCC. The molecule has 0 saturated carbocycles. The molecule has 1 unspecified atom stereocenters. The molecule has 0 heterocycles. The third-order valence-corrected chi connectivity index (χ3v) is 8.12. The van der Waals surface area contributed by atoms with Crippen LogP contribution in [-0.2, 0) is 28.6 Å².